The Balaban J connectivity index is 3.35. The van der Waals surface area contributed by atoms with E-state index in [-0.39, 0.29) is 15.6 Å². The third-order valence-corrected chi connectivity index (χ3v) is 2.35. The summed E-state index contributed by atoms with van der Waals surface area (Å²) in [6, 6.07) is 0. The molecule has 2 amide bonds. The predicted octanol–water partition coefficient (Wildman–Crippen LogP) is 0.443. The topological polar surface area (TPSA) is 99.1 Å². The van der Waals surface area contributed by atoms with Crippen molar-refractivity contribution in [3.8, 4) is 0 Å². The SMILES string of the molecule is NC(=O)C(C(N)=O)c1c(Cl)cncc1Cl. The normalized spacial score (nSPS) is 10.3. The fourth-order valence-corrected chi connectivity index (χ4v) is 1.70. The first-order chi connectivity index (χ1) is 6.95. The molecule has 0 bridgehead atoms. The van der Waals surface area contributed by atoms with Gasteiger partial charge in [-0.15, -0.1) is 0 Å². The van der Waals surface area contributed by atoms with Crippen molar-refractivity contribution >= 4 is 35.0 Å². The van der Waals surface area contributed by atoms with Crippen LogP contribution in [0, 0.1) is 0 Å². The highest BCUT2D eigenvalue weighted by Crippen LogP contribution is 2.30. The number of halogens is 2. The average Bonchev–Trinajstić information content (AvgIpc) is 2.09. The Labute approximate surface area is 95.4 Å². The molecule has 0 fully saturated rings. The average molecular weight is 248 g/mol. The van der Waals surface area contributed by atoms with Gasteiger partial charge in [-0.2, -0.15) is 0 Å². The van der Waals surface area contributed by atoms with Gasteiger partial charge in [0, 0.05) is 18.0 Å². The van der Waals surface area contributed by atoms with Crippen LogP contribution >= 0.6 is 23.2 Å². The van der Waals surface area contributed by atoms with Crippen molar-refractivity contribution in [2.75, 3.05) is 0 Å². The summed E-state index contributed by atoms with van der Waals surface area (Å²) in [6.45, 7) is 0. The number of hydrogen-bond acceptors (Lipinski definition) is 3. The monoisotopic (exact) mass is 247 g/mol. The number of hydrogen-bond donors (Lipinski definition) is 2. The maximum absolute atomic E-state index is 11.0. The molecule has 15 heavy (non-hydrogen) atoms. The van der Waals surface area contributed by atoms with E-state index in [0.29, 0.717) is 0 Å². The molecule has 0 atom stereocenters. The molecule has 1 rings (SSSR count). The Morgan fingerprint density at radius 2 is 1.53 bits per heavy atom. The molecule has 1 heterocycles. The molecule has 0 aliphatic heterocycles. The molecule has 0 unspecified atom stereocenters. The van der Waals surface area contributed by atoms with E-state index < -0.39 is 17.7 Å². The van der Waals surface area contributed by atoms with E-state index in [4.69, 9.17) is 34.7 Å². The van der Waals surface area contributed by atoms with Crippen molar-refractivity contribution in [2.24, 2.45) is 11.5 Å². The molecule has 0 saturated carbocycles. The summed E-state index contributed by atoms with van der Waals surface area (Å²) in [5, 5.41) is 0.148. The van der Waals surface area contributed by atoms with E-state index >= 15 is 0 Å². The lowest BCUT2D eigenvalue weighted by atomic mass is 9.99. The van der Waals surface area contributed by atoms with Crippen LogP contribution in [0.3, 0.4) is 0 Å². The Morgan fingerprint density at radius 1 is 1.13 bits per heavy atom. The Kier molecular flexibility index (Phi) is 3.49. The number of carbonyl (C=O) groups is 2. The first kappa shape index (κ1) is 11.7. The molecule has 0 radical (unpaired) electrons. The number of carbonyl (C=O) groups excluding carboxylic acids is 2. The number of rotatable bonds is 3. The van der Waals surface area contributed by atoms with Crippen LogP contribution in [0.25, 0.3) is 0 Å². The molecule has 0 aliphatic rings. The van der Waals surface area contributed by atoms with Gasteiger partial charge in [0.1, 0.15) is 5.92 Å². The second-order valence-electron chi connectivity index (χ2n) is 2.75. The van der Waals surface area contributed by atoms with Gasteiger partial charge < -0.3 is 11.5 Å². The summed E-state index contributed by atoms with van der Waals surface area (Å²) in [7, 11) is 0. The lowest BCUT2D eigenvalue weighted by molar-refractivity contribution is -0.128. The van der Waals surface area contributed by atoms with E-state index in [1.54, 1.807) is 0 Å². The minimum absolute atomic E-state index is 0.0742. The van der Waals surface area contributed by atoms with Crippen molar-refractivity contribution in [2.45, 2.75) is 5.92 Å². The molecule has 0 aliphatic carbocycles. The van der Waals surface area contributed by atoms with Crippen LogP contribution in [-0.2, 0) is 9.59 Å². The van der Waals surface area contributed by atoms with Crippen molar-refractivity contribution in [1.29, 1.82) is 0 Å². The van der Waals surface area contributed by atoms with E-state index in [1.807, 2.05) is 0 Å². The Morgan fingerprint density at radius 3 is 1.87 bits per heavy atom. The molecular weight excluding hydrogens is 241 g/mol. The number of nitrogens with zero attached hydrogens (tertiary/aromatic N) is 1. The van der Waals surface area contributed by atoms with Crippen molar-refractivity contribution < 1.29 is 9.59 Å². The van der Waals surface area contributed by atoms with Crippen LogP contribution in [0.5, 0.6) is 0 Å². The van der Waals surface area contributed by atoms with E-state index in [1.165, 1.54) is 12.4 Å². The van der Waals surface area contributed by atoms with Crippen molar-refractivity contribution in [1.82, 2.24) is 4.98 Å². The van der Waals surface area contributed by atoms with E-state index in [0.717, 1.165) is 0 Å². The summed E-state index contributed by atoms with van der Waals surface area (Å²) < 4.78 is 0. The van der Waals surface area contributed by atoms with Gasteiger partial charge in [0.05, 0.1) is 10.0 Å². The Bertz CT molecular complexity index is 388. The van der Waals surface area contributed by atoms with Crippen molar-refractivity contribution in [3.63, 3.8) is 0 Å². The summed E-state index contributed by atoms with van der Waals surface area (Å²) >= 11 is 11.5. The fraction of sp³-hybridized carbons (Fsp3) is 0.125. The van der Waals surface area contributed by atoms with Gasteiger partial charge in [0.25, 0.3) is 0 Å². The molecule has 5 nitrogen and oxygen atoms in total. The highest BCUT2D eigenvalue weighted by Gasteiger charge is 2.28. The van der Waals surface area contributed by atoms with Crippen LogP contribution in [-0.4, -0.2) is 16.8 Å². The van der Waals surface area contributed by atoms with Crippen molar-refractivity contribution in [3.05, 3.63) is 28.0 Å². The summed E-state index contributed by atoms with van der Waals surface area (Å²) in [4.78, 5) is 25.7. The van der Waals surface area contributed by atoms with Gasteiger partial charge >= 0.3 is 0 Å². The van der Waals surface area contributed by atoms with Crippen LogP contribution < -0.4 is 11.5 Å². The zero-order valence-electron chi connectivity index (χ0n) is 7.41. The highest BCUT2D eigenvalue weighted by atomic mass is 35.5. The minimum Gasteiger partial charge on any atom is -0.369 e. The van der Waals surface area contributed by atoms with Gasteiger partial charge in [-0.3, -0.25) is 14.6 Å². The quantitative estimate of drug-likeness (QED) is 0.759. The summed E-state index contributed by atoms with van der Waals surface area (Å²) in [5.41, 5.74) is 10.2. The number of pyridine rings is 1. The summed E-state index contributed by atoms with van der Waals surface area (Å²) in [6.07, 6.45) is 2.50. The van der Waals surface area contributed by atoms with E-state index in [2.05, 4.69) is 4.98 Å². The number of aromatic nitrogens is 1. The molecule has 80 valence electrons. The third kappa shape index (κ3) is 2.37. The number of nitrogens with two attached hydrogens (primary N) is 2. The second kappa shape index (κ2) is 4.46. The zero-order chi connectivity index (χ0) is 11.6. The fourth-order valence-electron chi connectivity index (χ4n) is 1.12. The first-order valence-corrected chi connectivity index (χ1v) is 4.58. The smallest absolute Gasteiger partial charge is 0.234 e. The molecule has 7 heteroatoms. The standard InChI is InChI=1S/C8H7Cl2N3O2/c9-3-1-13-2-4(10)5(3)6(7(11)14)8(12)15/h1-2,6H,(H2,11,14)(H2,12,15). The molecule has 1 aromatic rings. The Hall–Kier alpha value is -1.33. The van der Waals surface area contributed by atoms with E-state index in [9.17, 15) is 9.59 Å². The molecule has 4 N–H and O–H groups in total. The molecule has 0 aromatic carbocycles. The van der Waals surface area contributed by atoms with Gasteiger partial charge in [0.15, 0.2) is 0 Å². The lowest BCUT2D eigenvalue weighted by Gasteiger charge is -2.12. The van der Waals surface area contributed by atoms with Crippen LogP contribution in [0.4, 0.5) is 0 Å². The van der Waals surface area contributed by atoms with Gasteiger partial charge in [-0.05, 0) is 0 Å². The first-order valence-electron chi connectivity index (χ1n) is 3.82. The molecule has 1 aromatic heterocycles. The number of primary amides is 2. The van der Waals surface area contributed by atoms with Gasteiger partial charge in [-0.1, -0.05) is 23.2 Å². The lowest BCUT2D eigenvalue weighted by Crippen LogP contribution is -2.33. The highest BCUT2D eigenvalue weighted by molar-refractivity contribution is 6.37. The zero-order valence-corrected chi connectivity index (χ0v) is 8.92. The second-order valence-corrected chi connectivity index (χ2v) is 3.57. The number of amides is 2. The molecule has 0 spiro atoms. The van der Waals surface area contributed by atoms with Gasteiger partial charge in [0.2, 0.25) is 11.8 Å². The predicted molar refractivity (Wildman–Crippen MR) is 55.4 cm³/mol. The van der Waals surface area contributed by atoms with Crippen LogP contribution in [0.2, 0.25) is 10.0 Å². The minimum atomic E-state index is -1.34. The largest absolute Gasteiger partial charge is 0.369 e. The molecule has 0 saturated heterocycles. The maximum Gasteiger partial charge on any atom is 0.234 e. The summed E-state index contributed by atoms with van der Waals surface area (Å²) in [5.74, 6) is -3.15. The maximum atomic E-state index is 11.0. The van der Waals surface area contributed by atoms with Gasteiger partial charge in [-0.25, -0.2) is 0 Å². The van der Waals surface area contributed by atoms with Crippen LogP contribution in [0.1, 0.15) is 11.5 Å². The van der Waals surface area contributed by atoms with Crippen LogP contribution in [0.15, 0.2) is 12.4 Å². The molecular formula is C8H7Cl2N3O2. The third-order valence-electron chi connectivity index (χ3n) is 1.75.